The van der Waals surface area contributed by atoms with Crippen LogP contribution >= 0.6 is 11.8 Å². The second-order valence-corrected chi connectivity index (χ2v) is 3.86. The Hall–Kier alpha value is -0.680. The van der Waals surface area contributed by atoms with Gasteiger partial charge in [-0.1, -0.05) is 11.8 Å². The third-order valence-electron chi connectivity index (χ3n) is 1.34. The molecule has 0 amide bonds. The van der Waals surface area contributed by atoms with Crippen molar-refractivity contribution in [3.8, 4) is 0 Å². The van der Waals surface area contributed by atoms with Gasteiger partial charge in [-0.05, 0) is 13.8 Å². The molecule has 4 nitrogen and oxygen atoms in total. The Morgan fingerprint density at radius 1 is 1.38 bits per heavy atom. The zero-order chi connectivity index (χ0) is 10.4. The summed E-state index contributed by atoms with van der Waals surface area (Å²) in [4.78, 5) is 32.1. The number of Topliss-reactive ketones (excluding diaryl/α,β-unsaturated/α-hetero) is 2. The monoisotopic (exact) mass is 205 g/mol. The molecule has 0 fully saturated rings. The topological polar surface area (TPSA) is 77.2 Å². The van der Waals surface area contributed by atoms with Crippen LogP contribution in [0.2, 0.25) is 0 Å². The first-order valence-electron chi connectivity index (χ1n) is 3.84. The summed E-state index contributed by atoms with van der Waals surface area (Å²) in [6, 6.07) is -0.610. The maximum atomic E-state index is 11.0. The maximum absolute atomic E-state index is 11.0. The van der Waals surface area contributed by atoms with Crippen molar-refractivity contribution in [2.24, 2.45) is 5.73 Å². The Morgan fingerprint density at radius 2 is 1.92 bits per heavy atom. The van der Waals surface area contributed by atoms with E-state index in [2.05, 4.69) is 0 Å². The number of rotatable bonds is 5. The Balaban J connectivity index is 0. The minimum absolute atomic E-state index is 0. The Labute approximate surface area is 82.7 Å². The third-order valence-corrected chi connectivity index (χ3v) is 2.33. The lowest BCUT2D eigenvalue weighted by atomic mass is 10.3. The fourth-order valence-electron chi connectivity index (χ4n) is 0.554. The summed E-state index contributed by atoms with van der Waals surface area (Å²) >= 11 is 0.936. The highest BCUT2D eigenvalue weighted by molar-refractivity contribution is 8.13. The van der Waals surface area contributed by atoms with Gasteiger partial charge in [-0.15, -0.1) is 0 Å². The largest absolute Gasteiger partial charge is 0.321 e. The maximum Gasteiger partial charge on any atom is 0.196 e. The summed E-state index contributed by atoms with van der Waals surface area (Å²) in [5, 5.41) is -0.232. The van der Waals surface area contributed by atoms with Gasteiger partial charge in [0, 0.05) is 7.18 Å². The van der Waals surface area contributed by atoms with Gasteiger partial charge in [-0.25, -0.2) is 0 Å². The van der Waals surface area contributed by atoms with Gasteiger partial charge in [-0.3, -0.25) is 14.4 Å². The second kappa shape index (κ2) is 5.88. The molecule has 0 aromatic heterocycles. The average molecular weight is 205 g/mol. The minimum Gasteiger partial charge on any atom is -0.321 e. The molecule has 1 atom stereocenters. The fraction of sp³-hybridized carbons (Fsp3) is 0.625. The first-order valence-corrected chi connectivity index (χ1v) is 4.83. The molecular weight excluding hydrogens is 190 g/mol. The van der Waals surface area contributed by atoms with Gasteiger partial charge in [0.1, 0.15) is 11.6 Å². The van der Waals surface area contributed by atoms with E-state index in [1.165, 1.54) is 13.8 Å². The highest BCUT2D eigenvalue weighted by Gasteiger charge is 2.12. The number of carbonyl (C=O) groups is 3. The van der Waals surface area contributed by atoms with E-state index in [1.807, 2.05) is 0 Å². The molecule has 76 valence electrons. The van der Waals surface area contributed by atoms with Crippen molar-refractivity contribution >= 4 is 28.4 Å². The molecular formula is C8H15NO3S. The fourth-order valence-corrected chi connectivity index (χ4v) is 1.46. The third kappa shape index (κ3) is 6.48. The molecule has 1 unspecified atom stereocenters. The van der Waals surface area contributed by atoms with Crippen LogP contribution < -0.4 is 5.73 Å². The summed E-state index contributed by atoms with van der Waals surface area (Å²) in [5.74, 6) is -0.0708. The predicted molar refractivity (Wildman–Crippen MR) is 53.5 cm³/mol. The van der Waals surface area contributed by atoms with E-state index in [9.17, 15) is 14.4 Å². The van der Waals surface area contributed by atoms with Gasteiger partial charge in [0.05, 0.1) is 12.5 Å². The SMILES string of the molecule is CC(=O)CC(=O)SCC(N)C(C)=O.[HH]. The Kier molecular flexibility index (Phi) is 5.57. The van der Waals surface area contributed by atoms with Crippen molar-refractivity contribution in [3.63, 3.8) is 0 Å². The quantitative estimate of drug-likeness (QED) is 0.657. The van der Waals surface area contributed by atoms with Crippen LogP contribution in [0.5, 0.6) is 0 Å². The van der Waals surface area contributed by atoms with E-state index in [0.29, 0.717) is 0 Å². The number of carbonyl (C=O) groups excluding carboxylic acids is 3. The lowest BCUT2D eigenvalue weighted by molar-refractivity contribution is -0.121. The van der Waals surface area contributed by atoms with Gasteiger partial charge in [0.25, 0.3) is 0 Å². The minimum atomic E-state index is -0.610. The molecule has 0 aromatic rings. The molecule has 0 aliphatic carbocycles. The van der Waals surface area contributed by atoms with Gasteiger partial charge < -0.3 is 5.73 Å². The van der Waals surface area contributed by atoms with Crippen LogP contribution in [0.15, 0.2) is 0 Å². The lowest BCUT2D eigenvalue weighted by Gasteiger charge is -2.04. The van der Waals surface area contributed by atoms with Crippen molar-refractivity contribution in [3.05, 3.63) is 0 Å². The predicted octanol–water partition coefficient (Wildman–Crippen LogP) is 0.388. The Morgan fingerprint density at radius 3 is 2.31 bits per heavy atom. The van der Waals surface area contributed by atoms with Gasteiger partial charge in [0.15, 0.2) is 5.12 Å². The molecule has 0 spiro atoms. The van der Waals surface area contributed by atoms with Crippen LogP contribution in [0.25, 0.3) is 0 Å². The number of hydrogen-bond donors (Lipinski definition) is 1. The molecule has 0 aromatic carbocycles. The second-order valence-electron chi connectivity index (χ2n) is 2.78. The van der Waals surface area contributed by atoms with Crippen LogP contribution in [0, 0.1) is 0 Å². The number of nitrogens with two attached hydrogens (primary N) is 1. The molecule has 0 saturated carbocycles. The molecule has 0 saturated heterocycles. The van der Waals surface area contributed by atoms with Crippen molar-refractivity contribution in [2.75, 3.05) is 5.75 Å². The van der Waals surface area contributed by atoms with Crippen LogP contribution in [0.3, 0.4) is 0 Å². The molecule has 0 heterocycles. The molecule has 0 aliphatic heterocycles. The normalized spacial score (nSPS) is 12.2. The summed E-state index contributed by atoms with van der Waals surface area (Å²) in [5.41, 5.74) is 5.39. The first kappa shape index (κ1) is 12.3. The smallest absolute Gasteiger partial charge is 0.196 e. The van der Waals surface area contributed by atoms with Crippen LogP contribution in [-0.2, 0) is 14.4 Å². The van der Waals surface area contributed by atoms with Gasteiger partial charge >= 0.3 is 0 Å². The summed E-state index contributed by atoms with van der Waals surface area (Å²) in [6.07, 6.45) is -0.0880. The van der Waals surface area contributed by atoms with E-state index >= 15 is 0 Å². The first-order chi connectivity index (χ1) is 5.93. The lowest BCUT2D eigenvalue weighted by Crippen LogP contribution is -2.31. The molecule has 0 bridgehead atoms. The number of ketones is 2. The van der Waals surface area contributed by atoms with E-state index < -0.39 is 6.04 Å². The summed E-state index contributed by atoms with van der Waals surface area (Å²) < 4.78 is 0. The molecule has 5 heteroatoms. The highest BCUT2D eigenvalue weighted by atomic mass is 32.2. The Bertz CT molecular complexity index is 233. The summed E-state index contributed by atoms with van der Waals surface area (Å²) in [6.45, 7) is 2.73. The van der Waals surface area contributed by atoms with E-state index in [1.54, 1.807) is 0 Å². The van der Waals surface area contributed by atoms with E-state index in [0.717, 1.165) is 11.8 Å². The molecule has 13 heavy (non-hydrogen) atoms. The summed E-state index contributed by atoms with van der Waals surface area (Å²) in [7, 11) is 0. The molecule has 0 radical (unpaired) electrons. The highest BCUT2D eigenvalue weighted by Crippen LogP contribution is 2.07. The molecule has 0 aliphatic rings. The number of hydrogen-bond acceptors (Lipinski definition) is 5. The molecule has 0 rings (SSSR count). The van der Waals surface area contributed by atoms with Crippen LogP contribution in [-0.4, -0.2) is 28.5 Å². The average Bonchev–Trinajstić information content (AvgIpc) is 1.98. The van der Waals surface area contributed by atoms with Crippen molar-refractivity contribution in [1.82, 2.24) is 0 Å². The van der Waals surface area contributed by atoms with Crippen molar-refractivity contribution < 1.29 is 15.8 Å². The number of thioether (sulfide) groups is 1. The van der Waals surface area contributed by atoms with Crippen LogP contribution in [0.1, 0.15) is 21.7 Å². The van der Waals surface area contributed by atoms with Gasteiger partial charge in [-0.2, -0.15) is 0 Å². The zero-order valence-electron chi connectivity index (χ0n) is 7.70. The van der Waals surface area contributed by atoms with Crippen LogP contribution in [0.4, 0.5) is 0 Å². The standard InChI is InChI=1S/C8H13NO3S.H2/c1-5(10)3-8(12)13-4-7(9)6(2)11;/h7H,3-4,9H2,1-2H3;1H. The van der Waals surface area contributed by atoms with Crippen molar-refractivity contribution in [1.29, 1.82) is 0 Å². The van der Waals surface area contributed by atoms with Gasteiger partial charge in [0.2, 0.25) is 0 Å². The van der Waals surface area contributed by atoms with Crippen molar-refractivity contribution in [2.45, 2.75) is 26.3 Å². The molecule has 2 N–H and O–H groups in total. The van der Waals surface area contributed by atoms with E-state index in [-0.39, 0.29) is 30.3 Å². The van der Waals surface area contributed by atoms with E-state index in [4.69, 9.17) is 5.73 Å². The zero-order valence-corrected chi connectivity index (χ0v) is 8.52.